The molecular formula is C12H16ClN3O2. The summed E-state index contributed by atoms with van der Waals surface area (Å²) in [4.78, 5) is 4.25. The first kappa shape index (κ1) is 14.5. The lowest BCUT2D eigenvalue weighted by Gasteiger charge is -2.00. The molecule has 0 fully saturated rings. The third kappa shape index (κ3) is 3.72. The van der Waals surface area contributed by atoms with E-state index in [-0.39, 0.29) is 12.4 Å². The molecule has 0 unspecified atom stereocenters. The zero-order valence-electron chi connectivity index (χ0n) is 10.1. The predicted octanol–water partition coefficient (Wildman–Crippen LogP) is 1.59. The van der Waals surface area contributed by atoms with Crippen molar-refractivity contribution in [2.24, 2.45) is 5.73 Å². The number of benzene rings is 1. The molecule has 98 valence electrons. The second kappa shape index (κ2) is 6.98. The molecule has 0 aliphatic heterocycles. The maximum absolute atomic E-state index is 5.41. The zero-order chi connectivity index (χ0) is 12.1. The third-order valence-electron chi connectivity index (χ3n) is 2.39. The average Bonchev–Trinajstić information content (AvgIpc) is 2.78. The summed E-state index contributed by atoms with van der Waals surface area (Å²) in [6, 6.07) is 7.79. The molecule has 2 N–H and O–H groups in total. The average molecular weight is 270 g/mol. The smallest absolute Gasteiger partial charge is 0.227 e. The number of hydrogen-bond acceptors (Lipinski definition) is 5. The lowest BCUT2D eigenvalue weighted by molar-refractivity contribution is 0.375. The van der Waals surface area contributed by atoms with E-state index < -0.39 is 0 Å². The largest absolute Gasteiger partial charge is 0.497 e. The Bertz CT molecular complexity index is 470. The van der Waals surface area contributed by atoms with Gasteiger partial charge in [-0.25, -0.2) is 0 Å². The van der Waals surface area contributed by atoms with Crippen LogP contribution in [-0.2, 0) is 12.8 Å². The Morgan fingerprint density at radius 2 is 2.00 bits per heavy atom. The van der Waals surface area contributed by atoms with Crippen LogP contribution in [0.4, 0.5) is 0 Å². The first-order valence-electron chi connectivity index (χ1n) is 5.46. The van der Waals surface area contributed by atoms with Gasteiger partial charge in [-0.1, -0.05) is 17.3 Å². The van der Waals surface area contributed by atoms with E-state index in [9.17, 15) is 0 Å². The Balaban J connectivity index is 0.00000162. The molecule has 1 heterocycles. The molecule has 0 radical (unpaired) electrons. The van der Waals surface area contributed by atoms with Crippen molar-refractivity contribution in [2.75, 3.05) is 13.7 Å². The van der Waals surface area contributed by atoms with Gasteiger partial charge in [0.2, 0.25) is 5.89 Å². The number of nitrogens with zero attached hydrogens (tertiary/aromatic N) is 2. The van der Waals surface area contributed by atoms with Gasteiger partial charge in [-0.05, 0) is 17.7 Å². The van der Waals surface area contributed by atoms with Crippen molar-refractivity contribution in [1.29, 1.82) is 0 Å². The van der Waals surface area contributed by atoms with Gasteiger partial charge < -0.3 is 15.0 Å². The van der Waals surface area contributed by atoms with Crippen LogP contribution in [0.5, 0.6) is 5.75 Å². The fourth-order valence-electron chi connectivity index (χ4n) is 1.51. The maximum Gasteiger partial charge on any atom is 0.227 e. The molecular weight excluding hydrogens is 254 g/mol. The number of hydrogen-bond donors (Lipinski definition) is 1. The van der Waals surface area contributed by atoms with E-state index in [2.05, 4.69) is 10.1 Å². The zero-order valence-corrected chi connectivity index (χ0v) is 10.9. The summed E-state index contributed by atoms with van der Waals surface area (Å²) in [5.41, 5.74) is 6.53. The van der Waals surface area contributed by atoms with E-state index in [1.807, 2.05) is 24.3 Å². The Morgan fingerprint density at radius 3 is 2.61 bits per heavy atom. The molecule has 0 atom stereocenters. The second-order valence-electron chi connectivity index (χ2n) is 3.67. The minimum atomic E-state index is 0. The molecule has 2 rings (SSSR count). The van der Waals surface area contributed by atoms with Crippen molar-refractivity contribution >= 4 is 12.4 Å². The maximum atomic E-state index is 5.41. The Labute approximate surface area is 112 Å². The first-order valence-corrected chi connectivity index (χ1v) is 5.46. The highest BCUT2D eigenvalue weighted by Gasteiger charge is 2.06. The molecule has 18 heavy (non-hydrogen) atoms. The van der Waals surface area contributed by atoms with Gasteiger partial charge in [0, 0.05) is 19.4 Å². The van der Waals surface area contributed by atoms with E-state index in [4.69, 9.17) is 15.0 Å². The van der Waals surface area contributed by atoms with E-state index in [1.54, 1.807) is 7.11 Å². The SMILES string of the molecule is COc1ccc(Cc2noc(CCN)n2)cc1.Cl. The molecule has 5 nitrogen and oxygen atoms in total. The molecule has 0 spiro atoms. The highest BCUT2D eigenvalue weighted by atomic mass is 35.5. The minimum Gasteiger partial charge on any atom is -0.497 e. The van der Waals surface area contributed by atoms with Gasteiger partial charge in [-0.3, -0.25) is 0 Å². The highest BCUT2D eigenvalue weighted by molar-refractivity contribution is 5.85. The molecule has 0 aliphatic carbocycles. The van der Waals surface area contributed by atoms with Crippen LogP contribution in [-0.4, -0.2) is 23.8 Å². The van der Waals surface area contributed by atoms with Crippen LogP contribution < -0.4 is 10.5 Å². The Morgan fingerprint density at radius 1 is 1.28 bits per heavy atom. The van der Waals surface area contributed by atoms with Crippen LogP contribution in [0.3, 0.4) is 0 Å². The van der Waals surface area contributed by atoms with Crippen LogP contribution in [0.1, 0.15) is 17.3 Å². The molecule has 0 bridgehead atoms. The fourth-order valence-corrected chi connectivity index (χ4v) is 1.51. The van der Waals surface area contributed by atoms with Gasteiger partial charge in [-0.15, -0.1) is 12.4 Å². The Hall–Kier alpha value is -1.59. The molecule has 0 amide bonds. The summed E-state index contributed by atoms with van der Waals surface area (Å²) in [7, 11) is 1.65. The summed E-state index contributed by atoms with van der Waals surface area (Å²) in [5, 5.41) is 3.90. The van der Waals surface area contributed by atoms with Crippen molar-refractivity contribution in [3.05, 3.63) is 41.5 Å². The van der Waals surface area contributed by atoms with Gasteiger partial charge in [0.15, 0.2) is 5.82 Å². The fraction of sp³-hybridized carbons (Fsp3) is 0.333. The quantitative estimate of drug-likeness (QED) is 0.892. The number of aromatic nitrogens is 2. The third-order valence-corrected chi connectivity index (χ3v) is 2.39. The number of halogens is 1. The molecule has 1 aromatic carbocycles. The molecule has 0 saturated heterocycles. The van der Waals surface area contributed by atoms with E-state index >= 15 is 0 Å². The molecule has 6 heteroatoms. The van der Waals surface area contributed by atoms with Gasteiger partial charge in [0.1, 0.15) is 5.75 Å². The molecule has 0 saturated carbocycles. The van der Waals surface area contributed by atoms with Crippen LogP contribution in [0.25, 0.3) is 0 Å². The van der Waals surface area contributed by atoms with Crippen molar-refractivity contribution < 1.29 is 9.26 Å². The summed E-state index contributed by atoms with van der Waals surface area (Å²) in [6.07, 6.45) is 1.27. The van der Waals surface area contributed by atoms with Gasteiger partial charge in [0.05, 0.1) is 7.11 Å². The van der Waals surface area contributed by atoms with Crippen molar-refractivity contribution in [2.45, 2.75) is 12.8 Å². The summed E-state index contributed by atoms with van der Waals surface area (Å²) in [6.45, 7) is 0.518. The highest BCUT2D eigenvalue weighted by Crippen LogP contribution is 2.13. The topological polar surface area (TPSA) is 74.2 Å². The van der Waals surface area contributed by atoms with Crippen molar-refractivity contribution in [3.8, 4) is 5.75 Å². The summed E-state index contributed by atoms with van der Waals surface area (Å²) < 4.78 is 10.1. The lowest BCUT2D eigenvalue weighted by Crippen LogP contribution is -2.02. The van der Waals surface area contributed by atoms with Gasteiger partial charge in [-0.2, -0.15) is 4.98 Å². The summed E-state index contributed by atoms with van der Waals surface area (Å²) >= 11 is 0. The molecule has 2 aromatic rings. The van der Waals surface area contributed by atoms with Gasteiger partial charge >= 0.3 is 0 Å². The number of ether oxygens (including phenoxy) is 1. The number of methoxy groups -OCH3 is 1. The number of rotatable bonds is 5. The van der Waals surface area contributed by atoms with Crippen LogP contribution in [0.2, 0.25) is 0 Å². The van der Waals surface area contributed by atoms with Crippen LogP contribution in [0.15, 0.2) is 28.8 Å². The van der Waals surface area contributed by atoms with E-state index in [1.165, 1.54) is 0 Å². The second-order valence-corrected chi connectivity index (χ2v) is 3.67. The van der Waals surface area contributed by atoms with E-state index in [0.29, 0.717) is 31.1 Å². The Kier molecular flexibility index (Phi) is 5.61. The van der Waals surface area contributed by atoms with Crippen molar-refractivity contribution in [3.63, 3.8) is 0 Å². The monoisotopic (exact) mass is 269 g/mol. The number of nitrogens with two attached hydrogens (primary N) is 1. The molecule has 1 aromatic heterocycles. The minimum absolute atomic E-state index is 0. The van der Waals surface area contributed by atoms with Crippen molar-refractivity contribution in [1.82, 2.24) is 10.1 Å². The molecule has 0 aliphatic rings. The standard InChI is InChI=1S/C12H15N3O2.ClH/c1-16-10-4-2-9(3-5-10)8-11-14-12(6-7-13)17-15-11;/h2-5H,6-8,13H2,1H3;1H. The van der Waals surface area contributed by atoms with Gasteiger partial charge in [0.25, 0.3) is 0 Å². The normalized spacial score (nSPS) is 9.89. The lowest BCUT2D eigenvalue weighted by atomic mass is 10.1. The van der Waals surface area contributed by atoms with Crippen LogP contribution >= 0.6 is 12.4 Å². The first-order chi connectivity index (χ1) is 8.31. The predicted molar refractivity (Wildman–Crippen MR) is 70.1 cm³/mol. The van der Waals surface area contributed by atoms with E-state index in [0.717, 1.165) is 11.3 Å². The summed E-state index contributed by atoms with van der Waals surface area (Å²) in [5.74, 6) is 2.11. The van der Waals surface area contributed by atoms with Crippen LogP contribution in [0, 0.1) is 0 Å².